The van der Waals surface area contributed by atoms with E-state index in [2.05, 4.69) is 0 Å². The lowest BCUT2D eigenvalue weighted by Crippen LogP contribution is -2.16. The van der Waals surface area contributed by atoms with Crippen LogP contribution in [-0.2, 0) is 21.7 Å². The normalized spacial score (nSPS) is 10.9. The van der Waals surface area contributed by atoms with Crippen molar-refractivity contribution in [3.63, 3.8) is 0 Å². The zero-order valence-electron chi connectivity index (χ0n) is 22.4. The van der Waals surface area contributed by atoms with Crippen LogP contribution in [0.2, 0.25) is 0 Å². The number of hydrogen-bond donors (Lipinski definition) is 0. The first-order chi connectivity index (χ1) is 19.3. The number of carbonyl (C=O) groups is 1. The molecule has 0 saturated carbocycles. The fourth-order valence-electron chi connectivity index (χ4n) is 4.15. The van der Waals surface area contributed by atoms with Gasteiger partial charge >= 0.3 is 5.97 Å². The first-order valence-electron chi connectivity index (χ1n) is 12.2. The molecule has 0 radical (unpaired) electrons. The van der Waals surface area contributed by atoms with Gasteiger partial charge in [-0.2, -0.15) is 0 Å². The SMILES string of the molecule is COC(=O)CCc1nc(SCc2c(F)cccc2F)n(-c2ccc(F)cc2)c1N(C)c1ccc(OC)c(OC)c1. The quantitative estimate of drug-likeness (QED) is 0.151. The van der Waals surface area contributed by atoms with E-state index in [0.29, 0.717) is 39.5 Å². The van der Waals surface area contributed by atoms with Crippen molar-refractivity contribution in [2.24, 2.45) is 0 Å². The Kier molecular flexibility index (Phi) is 9.26. The number of carbonyl (C=O) groups excluding carboxylic acids is 1. The summed E-state index contributed by atoms with van der Waals surface area (Å²) in [7, 11) is 6.19. The third-order valence-corrected chi connectivity index (χ3v) is 7.21. The zero-order chi connectivity index (χ0) is 28.8. The molecular formula is C29H28F3N3O4S. The van der Waals surface area contributed by atoms with Gasteiger partial charge in [-0.3, -0.25) is 9.36 Å². The Morgan fingerprint density at radius 1 is 0.950 bits per heavy atom. The highest BCUT2D eigenvalue weighted by Crippen LogP contribution is 2.39. The van der Waals surface area contributed by atoms with E-state index in [1.165, 1.54) is 51.7 Å². The van der Waals surface area contributed by atoms with Gasteiger partial charge in [0.2, 0.25) is 0 Å². The number of rotatable bonds is 11. The summed E-state index contributed by atoms with van der Waals surface area (Å²) in [4.78, 5) is 18.7. The molecule has 3 aromatic carbocycles. The number of nitrogens with zero attached hydrogens (tertiary/aromatic N) is 3. The molecule has 0 aliphatic rings. The molecule has 0 saturated heterocycles. The third-order valence-electron chi connectivity index (χ3n) is 6.25. The largest absolute Gasteiger partial charge is 0.493 e. The lowest BCUT2D eigenvalue weighted by atomic mass is 10.2. The van der Waals surface area contributed by atoms with E-state index in [0.717, 1.165) is 11.8 Å². The van der Waals surface area contributed by atoms with Crippen molar-refractivity contribution >= 4 is 29.2 Å². The summed E-state index contributed by atoms with van der Waals surface area (Å²) in [5, 5.41) is 0.399. The maximum absolute atomic E-state index is 14.4. The summed E-state index contributed by atoms with van der Waals surface area (Å²) in [5.74, 6) is -0.611. The van der Waals surface area contributed by atoms with Crippen LogP contribution >= 0.6 is 11.8 Å². The van der Waals surface area contributed by atoms with Crippen molar-refractivity contribution in [1.82, 2.24) is 9.55 Å². The molecule has 1 aromatic heterocycles. The summed E-state index contributed by atoms with van der Waals surface area (Å²) < 4.78 is 60.2. The lowest BCUT2D eigenvalue weighted by Gasteiger charge is -2.24. The van der Waals surface area contributed by atoms with Crippen LogP contribution in [0.15, 0.2) is 65.8 Å². The maximum Gasteiger partial charge on any atom is 0.305 e. The van der Waals surface area contributed by atoms with Gasteiger partial charge in [-0.1, -0.05) is 17.8 Å². The number of aromatic nitrogens is 2. The molecule has 11 heteroatoms. The summed E-state index contributed by atoms with van der Waals surface area (Å²) in [5.41, 5.74) is 1.71. The molecule has 0 N–H and O–H groups in total. The predicted molar refractivity (Wildman–Crippen MR) is 147 cm³/mol. The van der Waals surface area contributed by atoms with E-state index < -0.39 is 23.4 Å². The molecule has 4 rings (SSSR count). The molecule has 1 heterocycles. The van der Waals surface area contributed by atoms with Crippen molar-refractivity contribution in [1.29, 1.82) is 0 Å². The fourth-order valence-corrected chi connectivity index (χ4v) is 5.20. The van der Waals surface area contributed by atoms with Crippen molar-refractivity contribution in [2.45, 2.75) is 23.8 Å². The second-order valence-corrected chi connectivity index (χ2v) is 9.58. The number of anilines is 2. The van der Waals surface area contributed by atoms with Crippen LogP contribution < -0.4 is 14.4 Å². The van der Waals surface area contributed by atoms with Crippen LogP contribution in [0.3, 0.4) is 0 Å². The topological polar surface area (TPSA) is 65.8 Å². The Balaban J connectivity index is 1.87. The second-order valence-electron chi connectivity index (χ2n) is 8.64. The Bertz CT molecular complexity index is 1470. The number of esters is 1. The van der Waals surface area contributed by atoms with Crippen LogP contribution in [0.5, 0.6) is 11.5 Å². The molecule has 0 atom stereocenters. The average Bonchev–Trinajstić information content (AvgIpc) is 3.33. The van der Waals surface area contributed by atoms with Crippen LogP contribution in [0.4, 0.5) is 24.7 Å². The van der Waals surface area contributed by atoms with Gasteiger partial charge in [0.05, 0.1) is 33.4 Å². The minimum atomic E-state index is -0.666. The molecule has 0 amide bonds. The number of halogens is 3. The van der Waals surface area contributed by atoms with Gasteiger partial charge in [0.15, 0.2) is 16.7 Å². The van der Waals surface area contributed by atoms with Crippen LogP contribution in [0, 0.1) is 17.5 Å². The molecule has 210 valence electrons. The third kappa shape index (κ3) is 6.20. The van der Waals surface area contributed by atoms with E-state index in [1.807, 2.05) is 18.0 Å². The van der Waals surface area contributed by atoms with E-state index in [-0.39, 0.29) is 24.2 Å². The monoisotopic (exact) mass is 571 g/mol. The number of hydrogen-bond acceptors (Lipinski definition) is 7. The molecular weight excluding hydrogens is 543 g/mol. The van der Waals surface area contributed by atoms with E-state index >= 15 is 0 Å². The Labute approximate surface area is 234 Å². The molecule has 0 aliphatic carbocycles. The van der Waals surface area contributed by atoms with Crippen molar-refractivity contribution in [3.8, 4) is 17.2 Å². The minimum Gasteiger partial charge on any atom is -0.493 e. The van der Waals surface area contributed by atoms with Crippen molar-refractivity contribution < 1.29 is 32.2 Å². The molecule has 0 fully saturated rings. The van der Waals surface area contributed by atoms with Gasteiger partial charge in [0, 0.05) is 42.2 Å². The standard InChI is InChI=1S/C29H28F3N3O4S/c1-34(20-12-14-25(37-2)26(16-20)38-3)28-24(13-15-27(36)39-4)33-29(35(28)19-10-8-18(30)9-11-19)40-17-21-22(31)6-5-7-23(21)32/h5-12,14,16H,13,15,17H2,1-4H3. The van der Waals surface area contributed by atoms with Crippen LogP contribution in [0.1, 0.15) is 17.7 Å². The summed E-state index contributed by atoms with van der Waals surface area (Å²) in [6.07, 6.45) is 0.269. The molecule has 0 spiro atoms. The predicted octanol–water partition coefficient (Wildman–Crippen LogP) is 6.47. The number of methoxy groups -OCH3 is 3. The summed E-state index contributed by atoms with van der Waals surface area (Å²) >= 11 is 1.12. The van der Waals surface area contributed by atoms with Gasteiger partial charge in [-0.25, -0.2) is 18.2 Å². The highest BCUT2D eigenvalue weighted by molar-refractivity contribution is 7.98. The highest BCUT2D eigenvalue weighted by atomic mass is 32.2. The van der Waals surface area contributed by atoms with Crippen molar-refractivity contribution in [2.75, 3.05) is 33.3 Å². The first kappa shape index (κ1) is 28.9. The van der Waals surface area contributed by atoms with E-state index in [4.69, 9.17) is 19.2 Å². The zero-order valence-corrected chi connectivity index (χ0v) is 23.2. The second kappa shape index (κ2) is 12.8. The summed E-state index contributed by atoms with van der Waals surface area (Å²) in [6, 6.07) is 14.9. The van der Waals surface area contributed by atoms with Crippen LogP contribution in [0.25, 0.3) is 5.69 Å². The van der Waals surface area contributed by atoms with Crippen LogP contribution in [-0.4, -0.2) is 43.9 Å². The molecule has 7 nitrogen and oxygen atoms in total. The van der Waals surface area contributed by atoms with Crippen molar-refractivity contribution in [3.05, 3.63) is 89.4 Å². The van der Waals surface area contributed by atoms with Gasteiger partial charge in [-0.15, -0.1) is 0 Å². The number of imidazole rings is 1. The number of benzene rings is 3. The van der Waals surface area contributed by atoms with Gasteiger partial charge in [0.25, 0.3) is 0 Å². The minimum absolute atomic E-state index is 0.0489. The van der Waals surface area contributed by atoms with Gasteiger partial charge in [-0.05, 0) is 48.5 Å². The number of thioether (sulfide) groups is 1. The Hall–Kier alpha value is -4.12. The van der Waals surface area contributed by atoms with Gasteiger partial charge in [0.1, 0.15) is 23.3 Å². The molecule has 0 bridgehead atoms. The molecule has 4 aromatic rings. The smallest absolute Gasteiger partial charge is 0.305 e. The Morgan fingerprint density at radius 2 is 1.62 bits per heavy atom. The number of aryl methyl sites for hydroxylation is 1. The highest BCUT2D eigenvalue weighted by Gasteiger charge is 2.25. The molecule has 0 unspecified atom stereocenters. The fraction of sp³-hybridized carbons (Fsp3) is 0.241. The van der Waals surface area contributed by atoms with E-state index in [9.17, 15) is 18.0 Å². The lowest BCUT2D eigenvalue weighted by molar-refractivity contribution is -0.140. The molecule has 40 heavy (non-hydrogen) atoms. The number of ether oxygens (including phenoxy) is 3. The van der Waals surface area contributed by atoms with Gasteiger partial charge < -0.3 is 19.1 Å². The summed E-state index contributed by atoms with van der Waals surface area (Å²) in [6.45, 7) is 0. The Morgan fingerprint density at radius 3 is 2.25 bits per heavy atom. The van der Waals surface area contributed by atoms with E-state index in [1.54, 1.807) is 28.8 Å². The average molecular weight is 572 g/mol. The first-order valence-corrected chi connectivity index (χ1v) is 13.2. The maximum atomic E-state index is 14.4. The molecule has 0 aliphatic heterocycles.